The van der Waals surface area contributed by atoms with E-state index in [1.807, 2.05) is 24.3 Å². The van der Waals surface area contributed by atoms with E-state index in [1.165, 1.54) is 0 Å². The molecule has 0 spiro atoms. The SMILES string of the molecule is CCCCOc1cccc(OCCCN2CCOCC2)c1.Cl. The van der Waals surface area contributed by atoms with Crippen molar-refractivity contribution in [1.82, 2.24) is 4.90 Å². The predicted molar refractivity (Wildman–Crippen MR) is 91.5 cm³/mol. The van der Waals surface area contributed by atoms with Crippen LogP contribution in [0.2, 0.25) is 0 Å². The first-order valence-corrected chi connectivity index (χ1v) is 8.04. The molecule has 4 nitrogen and oxygen atoms in total. The molecule has 0 aliphatic carbocycles. The Morgan fingerprint density at radius 2 is 1.68 bits per heavy atom. The van der Waals surface area contributed by atoms with E-state index in [4.69, 9.17) is 14.2 Å². The minimum absolute atomic E-state index is 0. The summed E-state index contributed by atoms with van der Waals surface area (Å²) in [7, 11) is 0. The normalized spacial score (nSPS) is 15.1. The standard InChI is InChI=1S/C17H27NO3.ClH/c1-2-3-11-20-16-6-4-7-17(15-16)21-12-5-8-18-9-13-19-14-10-18;/h4,6-7,15H,2-3,5,8-14H2,1H3;1H. The fraction of sp³-hybridized carbons (Fsp3) is 0.647. The van der Waals surface area contributed by atoms with E-state index in [-0.39, 0.29) is 12.4 Å². The van der Waals surface area contributed by atoms with E-state index in [9.17, 15) is 0 Å². The summed E-state index contributed by atoms with van der Waals surface area (Å²) in [6.45, 7) is 8.57. The zero-order chi connectivity index (χ0) is 14.8. The average molecular weight is 330 g/mol. The lowest BCUT2D eigenvalue weighted by Gasteiger charge is -2.26. The topological polar surface area (TPSA) is 30.9 Å². The Hall–Kier alpha value is -0.970. The van der Waals surface area contributed by atoms with Gasteiger partial charge < -0.3 is 14.2 Å². The highest BCUT2D eigenvalue weighted by Gasteiger charge is 2.09. The number of hydrogen-bond acceptors (Lipinski definition) is 4. The van der Waals surface area contributed by atoms with Crippen LogP contribution < -0.4 is 9.47 Å². The van der Waals surface area contributed by atoms with Crippen LogP contribution in [0, 0.1) is 0 Å². The van der Waals surface area contributed by atoms with Gasteiger partial charge in [0.15, 0.2) is 0 Å². The van der Waals surface area contributed by atoms with Crippen molar-refractivity contribution < 1.29 is 14.2 Å². The van der Waals surface area contributed by atoms with Crippen molar-refractivity contribution in [2.24, 2.45) is 0 Å². The third kappa shape index (κ3) is 7.34. The zero-order valence-corrected chi connectivity index (χ0v) is 14.3. The molecule has 0 amide bonds. The minimum Gasteiger partial charge on any atom is -0.493 e. The zero-order valence-electron chi connectivity index (χ0n) is 13.5. The number of rotatable bonds is 9. The summed E-state index contributed by atoms with van der Waals surface area (Å²) in [4.78, 5) is 2.43. The first-order chi connectivity index (χ1) is 10.4. The van der Waals surface area contributed by atoms with Gasteiger partial charge in [-0.3, -0.25) is 4.90 Å². The largest absolute Gasteiger partial charge is 0.493 e. The molecule has 0 saturated carbocycles. The molecule has 0 aromatic heterocycles. The number of halogens is 1. The fourth-order valence-electron chi connectivity index (χ4n) is 2.29. The van der Waals surface area contributed by atoms with Crippen molar-refractivity contribution in [2.45, 2.75) is 26.2 Å². The molecule has 5 heteroatoms. The van der Waals surface area contributed by atoms with Crippen LogP contribution in [-0.2, 0) is 4.74 Å². The average Bonchev–Trinajstić information content (AvgIpc) is 2.53. The van der Waals surface area contributed by atoms with E-state index in [0.29, 0.717) is 0 Å². The third-order valence-electron chi connectivity index (χ3n) is 3.56. The molecule has 1 aliphatic rings. The van der Waals surface area contributed by atoms with Gasteiger partial charge in [-0.05, 0) is 25.0 Å². The minimum atomic E-state index is 0. The maximum absolute atomic E-state index is 5.81. The van der Waals surface area contributed by atoms with Crippen molar-refractivity contribution in [3.8, 4) is 11.5 Å². The molecule has 1 aromatic rings. The molecule has 126 valence electrons. The molecule has 0 unspecified atom stereocenters. The smallest absolute Gasteiger partial charge is 0.122 e. The van der Waals surface area contributed by atoms with Gasteiger partial charge >= 0.3 is 0 Å². The van der Waals surface area contributed by atoms with Crippen molar-refractivity contribution >= 4 is 12.4 Å². The van der Waals surface area contributed by atoms with Crippen LogP contribution in [0.3, 0.4) is 0 Å². The van der Waals surface area contributed by atoms with E-state index in [2.05, 4.69) is 11.8 Å². The molecule has 1 aromatic carbocycles. The van der Waals surface area contributed by atoms with Crippen molar-refractivity contribution in [1.29, 1.82) is 0 Å². The van der Waals surface area contributed by atoms with Gasteiger partial charge in [-0.15, -0.1) is 12.4 Å². The summed E-state index contributed by atoms with van der Waals surface area (Å²) >= 11 is 0. The second kappa shape index (κ2) is 11.6. The number of morpholine rings is 1. The van der Waals surface area contributed by atoms with E-state index >= 15 is 0 Å². The molecule has 22 heavy (non-hydrogen) atoms. The van der Waals surface area contributed by atoms with Gasteiger partial charge in [0.05, 0.1) is 26.4 Å². The van der Waals surface area contributed by atoms with Gasteiger partial charge in [0.25, 0.3) is 0 Å². The van der Waals surface area contributed by atoms with Gasteiger partial charge in [0, 0.05) is 25.7 Å². The maximum Gasteiger partial charge on any atom is 0.122 e. The molecule has 0 atom stereocenters. The van der Waals surface area contributed by atoms with Gasteiger partial charge in [-0.1, -0.05) is 19.4 Å². The number of hydrogen-bond donors (Lipinski definition) is 0. The summed E-state index contributed by atoms with van der Waals surface area (Å²) in [5.41, 5.74) is 0. The molecule has 1 aliphatic heterocycles. The molecule has 1 heterocycles. The molecule has 0 N–H and O–H groups in total. The highest BCUT2D eigenvalue weighted by molar-refractivity contribution is 5.85. The maximum atomic E-state index is 5.81. The van der Waals surface area contributed by atoms with E-state index < -0.39 is 0 Å². The Bertz CT molecular complexity index is 397. The Morgan fingerprint density at radius 1 is 1.05 bits per heavy atom. The van der Waals surface area contributed by atoms with Crippen LogP contribution in [-0.4, -0.2) is 51.0 Å². The lowest BCUT2D eigenvalue weighted by Crippen LogP contribution is -2.37. The second-order valence-electron chi connectivity index (χ2n) is 5.33. The van der Waals surface area contributed by atoms with Gasteiger partial charge in [-0.2, -0.15) is 0 Å². The summed E-state index contributed by atoms with van der Waals surface area (Å²) < 4.78 is 16.8. The Balaban J connectivity index is 0.00000242. The molecule has 1 fully saturated rings. The first kappa shape index (κ1) is 19.1. The van der Waals surface area contributed by atoms with Crippen LogP contribution >= 0.6 is 12.4 Å². The van der Waals surface area contributed by atoms with Crippen molar-refractivity contribution in [3.63, 3.8) is 0 Å². The fourth-order valence-corrected chi connectivity index (χ4v) is 2.29. The molecular weight excluding hydrogens is 302 g/mol. The highest BCUT2D eigenvalue weighted by Crippen LogP contribution is 2.19. The van der Waals surface area contributed by atoms with Gasteiger partial charge in [0.2, 0.25) is 0 Å². The quantitative estimate of drug-likeness (QED) is 0.650. The van der Waals surface area contributed by atoms with Crippen LogP contribution in [0.4, 0.5) is 0 Å². The van der Waals surface area contributed by atoms with Crippen LogP contribution in [0.15, 0.2) is 24.3 Å². The Kier molecular flexibility index (Phi) is 10.0. The number of ether oxygens (including phenoxy) is 3. The summed E-state index contributed by atoms with van der Waals surface area (Å²) in [6, 6.07) is 7.93. The van der Waals surface area contributed by atoms with Crippen molar-refractivity contribution in [3.05, 3.63) is 24.3 Å². The van der Waals surface area contributed by atoms with Gasteiger partial charge in [-0.25, -0.2) is 0 Å². The summed E-state index contributed by atoms with van der Waals surface area (Å²) in [6.07, 6.45) is 3.28. The Morgan fingerprint density at radius 3 is 2.32 bits per heavy atom. The number of nitrogens with zero attached hydrogens (tertiary/aromatic N) is 1. The molecule has 0 radical (unpaired) electrons. The number of unbranched alkanes of at least 4 members (excludes halogenated alkanes) is 1. The summed E-state index contributed by atoms with van der Waals surface area (Å²) in [5, 5.41) is 0. The number of benzene rings is 1. The third-order valence-corrected chi connectivity index (χ3v) is 3.56. The van der Waals surface area contributed by atoms with E-state index in [1.54, 1.807) is 0 Å². The van der Waals surface area contributed by atoms with E-state index in [0.717, 1.165) is 76.8 Å². The molecule has 2 rings (SSSR count). The lowest BCUT2D eigenvalue weighted by molar-refractivity contribution is 0.0358. The monoisotopic (exact) mass is 329 g/mol. The van der Waals surface area contributed by atoms with Crippen molar-refractivity contribution in [2.75, 3.05) is 46.1 Å². The second-order valence-corrected chi connectivity index (χ2v) is 5.33. The van der Waals surface area contributed by atoms with Crippen LogP contribution in [0.1, 0.15) is 26.2 Å². The lowest BCUT2D eigenvalue weighted by atomic mass is 10.3. The molecule has 1 saturated heterocycles. The first-order valence-electron chi connectivity index (χ1n) is 8.04. The Labute approximate surface area is 140 Å². The highest BCUT2D eigenvalue weighted by atomic mass is 35.5. The molecule has 0 bridgehead atoms. The summed E-state index contributed by atoms with van der Waals surface area (Å²) in [5.74, 6) is 1.79. The predicted octanol–water partition coefficient (Wildman–Crippen LogP) is 3.39. The van der Waals surface area contributed by atoms with Crippen LogP contribution in [0.25, 0.3) is 0 Å². The van der Waals surface area contributed by atoms with Gasteiger partial charge in [0.1, 0.15) is 11.5 Å². The molecular formula is C17H28ClNO3. The van der Waals surface area contributed by atoms with Crippen LogP contribution in [0.5, 0.6) is 11.5 Å².